The van der Waals surface area contributed by atoms with Crippen LogP contribution in [-0.2, 0) is 6.54 Å². The summed E-state index contributed by atoms with van der Waals surface area (Å²) in [6, 6.07) is 22.5. The number of thiazole rings is 1. The van der Waals surface area contributed by atoms with Gasteiger partial charge in [0.15, 0.2) is 4.96 Å². The van der Waals surface area contributed by atoms with Gasteiger partial charge in [0, 0.05) is 37.0 Å². The van der Waals surface area contributed by atoms with Crippen LogP contribution >= 0.6 is 11.3 Å². The number of fused-ring (bicyclic) bond motifs is 3. The van der Waals surface area contributed by atoms with Crippen molar-refractivity contribution in [3.8, 4) is 11.3 Å². The van der Waals surface area contributed by atoms with Crippen molar-refractivity contribution in [2.45, 2.75) is 19.9 Å². The van der Waals surface area contributed by atoms with Crippen molar-refractivity contribution in [3.05, 3.63) is 95.9 Å². The van der Waals surface area contributed by atoms with Crippen molar-refractivity contribution in [2.24, 2.45) is 0 Å². The summed E-state index contributed by atoms with van der Waals surface area (Å²) in [5.41, 5.74) is 4.63. The Balaban J connectivity index is 1.20. The SMILES string of the molecule is CCN(CCCNC(=O)c1ccc2c(c1)sc1nc(-c3ccc(F)cc3)cn12)Cc1ccccc1. The number of aromatic nitrogens is 2. The van der Waals surface area contributed by atoms with E-state index in [0.717, 1.165) is 52.5 Å². The molecule has 5 nitrogen and oxygen atoms in total. The van der Waals surface area contributed by atoms with Crippen molar-refractivity contribution in [1.29, 1.82) is 0 Å². The molecule has 178 valence electrons. The number of halogens is 1. The summed E-state index contributed by atoms with van der Waals surface area (Å²) >= 11 is 1.54. The molecule has 0 aliphatic rings. The quantitative estimate of drug-likeness (QED) is 0.260. The largest absolute Gasteiger partial charge is 0.352 e. The van der Waals surface area contributed by atoms with Gasteiger partial charge in [-0.2, -0.15) is 0 Å². The Morgan fingerprint density at radius 1 is 1.09 bits per heavy atom. The Labute approximate surface area is 207 Å². The number of hydrogen-bond donors (Lipinski definition) is 1. The number of imidazole rings is 1. The molecule has 3 aromatic carbocycles. The second-order valence-corrected chi connectivity index (χ2v) is 9.54. The Morgan fingerprint density at radius 3 is 2.66 bits per heavy atom. The first-order chi connectivity index (χ1) is 17.1. The van der Waals surface area contributed by atoms with E-state index in [4.69, 9.17) is 4.98 Å². The molecule has 35 heavy (non-hydrogen) atoms. The van der Waals surface area contributed by atoms with E-state index in [1.165, 1.54) is 29.0 Å². The van der Waals surface area contributed by atoms with Crippen molar-refractivity contribution >= 4 is 32.4 Å². The zero-order valence-electron chi connectivity index (χ0n) is 19.6. The molecule has 0 radical (unpaired) electrons. The molecule has 2 heterocycles. The lowest BCUT2D eigenvalue weighted by Gasteiger charge is -2.20. The Hall–Kier alpha value is -3.55. The molecule has 0 aliphatic heterocycles. The van der Waals surface area contributed by atoms with Crippen LogP contribution in [0.1, 0.15) is 29.3 Å². The number of benzene rings is 3. The van der Waals surface area contributed by atoms with E-state index < -0.39 is 0 Å². The first-order valence-corrected chi connectivity index (χ1v) is 12.6. The summed E-state index contributed by atoms with van der Waals surface area (Å²) in [5, 5.41) is 3.06. The number of nitrogens with zero attached hydrogens (tertiary/aromatic N) is 3. The van der Waals surface area contributed by atoms with Gasteiger partial charge >= 0.3 is 0 Å². The number of carbonyl (C=O) groups excluding carboxylic acids is 1. The highest BCUT2D eigenvalue weighted by Gasteiger charge is 2.13. The standard InChI is InChI=1S/C28H27FN4OS/c1-2-32(18-20-7-4-3-5-8-20)16-6-15-30-27(34)22-11-14-25-26(17-22)35-28-31-24(19-33(25)28)21-9-12-23(29)13-10-21/h3-5,7-14,17,19H,2,6,15-16,18H2,1H3,(H,30,34). The number of nitrogens with one attached hydrogen (secondary N) is 1. The van der Waals surface area contributed by atoms with Crippen molar-refractivity contribution in [3.63, 3.8) is 0 Å². The zero-order valence-corrected chi connectivity index (χ0v) is 20.4. The Morgan fingerprint density at radius 2 is 1.89 bits per heavy atom. The summed E-state index contributed by atoms with van der Waals surface area (Å²) in [6.45, 7) is 5.63. The van der Waals surface area contributed by atoms with Gasteiger partial charge in [0.25, 0.3) is 5.91 Å². The Kier molecular flexibility index (Phi) is 6.88. The summed E-state index contributed by atoms with van der Waals surface area (Å²) in [5.74, 6) is -0.322. The molecule has 5 rings (SSSR count). The minimum absolute atomic E-state index is 0.0592. The highest BCUT2D eigenvalue weighted by molar-refractivity contribution is 7.23. The molecule has 5 aromatic rings. The molecular formula is C28H27FN4OS. The van der Waals surface area contributed by atoms with Crippen LogP contribution in [0.2, 0.25) is 0 Å². The average molecular weight is 487 g/mol. The minimum atomic E-state index is -0.263. The third kappa shape index (κ3) is 5.26. The van der Waals surface area contributed by atoms with Gasteiger partial charge in [-0.05, 0) is 61.0 Å². The van der Waals surface area contributed by atoms with Crippen LogP contribution < -0.4 is 5.32 Å². The molecule has 0 aliphatic carbocycles. The van der Waals surface area contributed by atoms with E-state index in [2.05, 4.69) is 41.4 Å². The van der Waals surface area contributed by atoms with Gasteiger partial charge in [0.1, 0.15) is 5.82 Å². The molecule has 0 saturated carbocycles. The van der Waals surface area contributed by atoms with Gasteiger partial charge in [0.2, 0.25) is 0 Å². The fourth-order valence-electron chi connectivity index (χ4n) is 4.20. The molecule has 0 fully saturated rings. The van der Waals surface area contributed by atoms with E-state index in [0.29, 0.717) is 12.1 Å². The van der Waals surface area contributed by atoms with E-state index in [1.54, 1.807) is 12.1 Å². The van der Waals surface area contributed by atoms with Crippen LogP contribution in [0.3, 0.4) is 0 Å². The summed E-state index contributed by atoms with van der Waals surface area (Å²) in [6.07, 6.45) is 2.85. The molecule has 1 amide bonds. The molecule has 0 saturated heterocycles. The lowest BCUT2D eigenvalue weighted by Crippen LogP contribution is -2.29. The molecule has 7 heteroatoms. The second-order valence-electron chi connectivity index (χ2n) is 8.53. The molecular weight excluding hydrogens is 459 g/mol. The van der Waals surface area contributed by atoms with Crippen molar-refractivity contribution in [1.82, 2.24) is 19.6 Å². The monoisotopic (exact) mass is 486 g/mol. The maximum atomic E-state index is 13.2. The second kappa shape index (κ2) is 10.4. The van der Waals surface area contributed by atoms with Crippen LogP contribution in [-0.4, -0.2) is 39.8 Å². The molecule has 1 N–H and O–H groups in total. The highest BCUT2D eigenvalue weighted by Crippen LogP contribution is 2.30. The minimum Gasteiger partial charge on any atom is -0.352 e. The van der Waals surface area contributed by atoms with Crippen LogP contribution in [0, 0.1) is 5.82 Å². The van der Waals surface area contributed by atoms with Gasteiger partial charge in [-0.15, -0.1) is 0 Å². The number of rotatable bonds is 9. The average Bonchev–Trinajstić information content (AvgIpc) is 3.44. The predicted octanol–water partition coefficient (Wildman–Crippen LogP) is 6.00. The normalized spacial score (nSPS) is 11.5. The molecule has 2 aromatic heterocycles. The lowest BCUT2D eigenvalue weighted by atomic mass is 10.2. The maximum absolute atomic E-state index is 13.2. The third-order valence-electron chi connectivity index (χ3n) is 6.13. The first-order valence-electron chi connectivity index (χ1n) is 11.8. The number of amides is 1. The topological polar surface area (TPSA) is 49.6 Å². The lowest BCUT2D eigenvalue weighted by molar-refractivity contribution is 0.0951. The van der Waals surface area contributed by atoms with E-state index in [9.17, 15) is 9.18 Å². The number of hydrogen-bond acceptors (Lipinski definition) is 4. The Bertz CT molecular complexity index is 1440. The fraction of sp³-hybridized carbons (Fsp3) is 0.214. The van der Waals surface area contributed by atoms with E-state index in [1.807, 2.05) is 34.9 Å². The zero-order chi connectivity index (χ0) is 24.2. The number of carbonyl (C=O) groups is 1. The van der Waals surface area contributed by atoms with Crippen LogP contribution in [0.15, 0.2) is 79.0 Å². The van der Waals surface area contributed by atoms with Crippen LogP contribution in [0.5, 0.6) is 0 Å². The van der Waals surface area contributed by atoms with Crippen molar-refractivity contribution in [2.75, 3.05) is 19.6 Å². The molecule has 0 spiro atoms. The summed E-state index contributed by atoms with van der Waals surface area (Å²) in [4.78, 5) is 20.7. The summed E-state index contributed by atoms with van der Waals surface area (Å²) in [7, 11) is 0. The van der Waals surface area contributed by atoms with Crippen molar-refractivity contribution < 1.29 is 9.18 Å². The highest BCUT2D eigenvalue weighted by atomic mass is 32.1. The molecule has 0 atom stereocenters. The van der Waals surface area contributed by atoms with Gasteiger partial charge in [-0.1, -0.05) is 48.6 Å². The van der Waals surface area contributed by atoms with E-state index >= 15 is 0 Å². The van der Waals surface area contributed by atoms with Gasteiger partial charge < -0.3 is 5.32 Å². The molecule has 0 bridgehead atoms. The smallest absolute Gasteiger partial charge is 0.251 e. The van der Waals surface area contributed by atoms with Crippen LogP contribution in [0.25, 0.3) is 26.4 Å². The predicted molar refractivity (Wildman–Crippen MR) is 140 cm³/mol. The van der Waals surface area contributed by atoms with Gasteiger partial charge in [-0.3, -0.25) is 14.1 Å². The van der Waals surface area contributed by atoms with Crippen LogP contribution in [0.4, 0.5) is 4.39 Å². The third-order valence-corrected chi connectivity index (χ3v) is 7.15. The fourth-order valence-corrected chi connectivity index (χ4v) is 5.25. The maximum Gasteiger partial charge on any atom is 0.251 e. The molecule has 0 unspecified atom stereocenters. The van der Waals surface area contributed by atoms with Gasteiger partial charge in [-0.25, -0.2) is 9.37 Å². The van der Waals surface area contributed by atoms with E-state index in [-0.39, 0.29) is 11.7 Å². The first kappa shape index (κ1) is 23.2. The van der Waals surface area contributed by atoms with Gasteiger partial charge in [0.05, 0.1) is 15.9 Å². The summed E-state index contributed by atoms with van der Waals surface area (Å²) < 4.78 is 16.3.